The maximum atomic E-state index is 13.6. The quantitative estimate of drug-likeness (QED) is 0.821. The molecular weight excluding hydrogens is 272 g/mol. The smallest absolute Gasteiger partial charge is 0.254 e. The number of nitrogens with one attached hydrogen (secondary N) is 1. The van der Waals surface area contributed by atoms with Crippen LogP contribution in [0.25, 0.3) is 0 Å². The topological polar surface area (TPSA) is 29.1 Å². The highest BCUT2D eigenvalue weighted by Crippen LogP contribution is 2.19. The van der Waals surface area contributed by atoms with E-state index in [-0.39, 0.29) is 11.1 Å². The minimum atomic E-state index is -0.857. The first-order valence-electron chi connectivity index (χ1n) is 6.17. The van der Waals surface area contributed by atoms with Crippen LogP contribution in [0, 0.1) is 18.6 Å². The lowest BCUT2D eigenvalue weighted by atomic mass is 9.94. The van der Waals surface area contributed by atoms with E-state index in [4.69, 9.17) is 11.6 Å². The number of alkyl halides is 1. The number of aryl methyl sites for hydroxylation is 1. The van der Waals surface area contributed by atoms with Crippen molar-refractivity contribution in [2.24, 2.45) is 0 Å². The molecule has 0 aliphatic carbocycles. The lowest BCUT2D eigenvalue weighted by Gasteiger charge is -2.29. The van der Waals surface area contributed by atoms with E-state index in [0.717, 1.165) is 6.07 Å². The van der Waals surface area contributed by atoms with Gasteiger partial charge in [-0.3, -0.25) is 4.79 Å². The molecule has 1 N–H and O–H groups in total. The number of hydrogen-bond acceptors (Lipinski definition) is 1. The van der Waals surface area contributed by atoms with Gasteiger partial charge in [-0.1, -0.05) is 6.92 Å². The second kappa shape index (κ2) is 6.33. The van der Waals surface area contributed by atoms with Crippen molar-refractivity contribution >= 4 is 17.5 Å². The molecule has 0 aromatic heterocycles. The molecule has 0 saturated heterocycles. The van der Waals surface area contributed by atoms with Crippen LogP contribution in [0.2, 0.25) is 0 Å². The van der Waals surface area contributed by atoms with Crippen LogP contribution >= 0.6 is 11.6 Å². The summed E-state index contributed by atoms with van der Waals surface area (Å²) < 4.78 is 26.8. The molecule has 19 heavy (non-hydrogen) atoms. The van der Waals surface area contributed by atoms with E-state index in [1.165, 1.54) is 13.0 Å². The minimum Gasteiger partial charge on any atom is -0.347 e. The third-order valence-electron chi connectivity index (χ3n) is 3.33. The van der Waals surface area contributed by atoms with Gasteiger partial charge in [-0.05, 0) is 38.3 Å². The molecule has 1 aromatic rings. The van der Waals surface area contributed by atoms with E-state index >= 15 is 0 Å². The summed E-state index contributed by atoms with van der Waals surface area (Å²) in [5.41, 5.74) is -0.400. The van der Waals surface area contributed by atoms with Crippen molar-refractivity contribution < 1.29 is 13.6 Å². The molecule has 0 fully saturated rings. The van der Waals surface area contributed by atoms with Gasteiger partial charge in [0.1, 0.15) is 11.6 Å². The first-order chi connectivity index (χ1) is 8.83. The van der Waals surface area contributed by atoms with Crippen LogP contribution in [0.1, 0.15) is 42.6 Å². The molecule has 0 spiro atoms. The van der Waals surface area contributed by atoms with Crippen LogP contribution in [-0.2, 0) is 0 Å². The van der Waals surface area contributed by atoms with Crippen LogP contribution < -0.4 is 5.32 Å². The highest BCUT2D eigenvalue weighted by atomic mass is 35.5. The van der Waals surface area contributed by atoms with Crippen LogP contribution in [0.5, 0.6) is 0 Å². The lowest BCUT2D eigenvalue weighted by molar-refractivity contribution is 0.0897. The molecule has 0 aliphatic rings. The highest BCUT2D eigenvalue weighted by Gasteiger charge is 2.25. The summed E-state index contributed by atoms with van der Waals surface area (Å²) >= 11 is 5.70. The number of carbonyl (C=O) groups is 1. The summed E-state index contributed by atoms with van der Waals surface area (Å²) in [6.45, 7) is 5.25. The SMILES string of the molecule is CCC(C)(CCCl)NC(=O)c1cc(C)c(F)cc1F. The fourth-order valence-electron chi connectivity index (χ4n) is 1.71. The van der Waals surface area contributed by atoms with Crippen LogP contribution in [0.15, 0.2) is 12.1 Å². The maximum Gasteiger partial charge on any atom is 0.254 e. The fraction of sp³-hybridized carbons (Fsp3) is 0.500. The van der Waals surface area contributed by atoms with Gasteiger partial charge in [-0.25, -0.2) is 8.78 Å². The van der Waals surface area contributed by atoms with Gasteiger partial charge in [0.05, 0.1) is 5.56 Å². The highest BCUT2D eigenvalue weighted by molar-refractivity contribution is 6.17. The molecule has 1 unspecified atom stereocenters. The Morgan fingerprint density at radius 1 is 1.37 bits per heavy atom. The predicted molar refractivity (Wildman–Crippen MR) is 72.6 cm³/mol. The summed E-state index contributed by atoms with van der Waals surface area (Å²) in [6.07, 6.45) is 1.26. The molecular formula is C14H18ClF2NO. The largest absolute Gasteiger partial charge is 0.347 e. The average Bonchev–Trinajstić information content (AvgIpc) is 2.33. The zero-order valence-corrected chi connectivity index (χ0v) is 12.1. The molecule has 0 aliphatic heterocycles. The maximum absolute atomic E-state index is 13.6. The second-order valence-corrected chi connectivity index (χ2v) is 5.27. The first kappa shape index (κ1) is 15.9. The van der Waals surface area contributed by atoms with E-state index in [1.54, 1.807) is 0 Å². The number of hydrogen-bond donors (Lipinski definition) is 1. The molecule has 1 atom stereocenters. The van der Waals surface area contributed by atoms with Gasteiger partial charge in [0.25, 0.3) is 5.91 Å². The summed E-state index contributed by atoms with van der Waals surface area (Å²) in [6, 6.07) is 1.95. The lowest BCUT2D eigenvalue weighted by Crippen LogP contribution is -2.46. The van der Waals surface area contributed by atoms with Gasteiger partial charge < -0.3 is 5.32 Å². The van der Waals surface area contributed by atoms with E-state index in [2.05, 4.69) is 5.32 Å². The van der Waals surface area contributed by atoms with Gasteiger partial charge in [0, 0.05) is 17.5 Å². The molecule has 0 saturated carbocycles. The molecule has 5 heteroatoms. The number of carbonyl (C=O) groups excluding carboxylic acids is 1. The summed E-state index contributed by atoms with van der Waals surface area (Å²) in [5.74, 6) is -1.66. The summed E-state index contributed by atoms with van der Waals surface area (Å²) in [7, 11) is 0. The third kappa shape index (κ3) is 3.90. The van der Waals surface area contributed by atoms with E-state index in [9.17, 15) is 13.6 Å². The Bertz CT molecular complexity index is 479. The molecule has 1 amide bonds. The molecule has 2 nitrogen and oxygen atoms in total. The summed E-state index contributed by atoms with van der Waals surface area (Å²) in [4.78, 5) is 12.1. The van der Waals surface area contributed by atoms with Crippen molar-refractivity contribution in [2.75, 3.05) is 5.88 Å². The second-order valence-electron chi connectivity index (χ2n) is 4.89. The first-order valence-corrected chi connectivity index (χ1v) is 6.70. The van der Waals surface area contributed by atoms with Crippen LogP contribution in [0.3, 0.4) is 0 Å². The van der Waals surface area contributed by atoms with Crippen molar-refractivity contribution in [1.29, 1.82) is 0 Å². The fourth-order valence-corrected chi connectivity index (χ4v) is 2.13. The Kier molecular flexibility index (Phi) is 5.29. The number of amides is 1. The van der Waals surface area contributed by atoms with E-state index in [0.29, 0.717) is 18.7 Å². The van der Waals surface area contributed by atoms with Crippen molar-refractivity contribution in [3.8, 4) is 0 Å². The molecule has 0 heterocycles. The monoisotopic (exact) mass is 289 g/mol. The minimum absolute atomic E-state index is 0.145. The Hall–Kier alpha value is -1.16. The third-order valence-corrected chi connectivity index (χ3v) is 3.52. The molecule has 0 bridgehead atoms. The Labute approximate surface area is 117 Å². The van der Waals surface area contributed by atoms with E-state index < -0.39 is 23.1 Å². The van der Waals surface area contributed by atoms with Gasteiger partial charge in [0.15, 0.2) is 0 Å². The average molecular weight is 290 g/mol. The van der Waals surface area contributed by atoms with Gasteiger partial charge in [0.2, 0.25) is 0 Å². The van der Waals surface area contributed by atoms with Gasteiger partial charge in [-0.15, -0.1) is 11.6 Å². The van der Waals surface area contributed by atoms with Crippen molar-refractivity contribution in [3.05, 3.63) is 34.9 Å². The van der Waals surface area contributed by atoms with Crippen LogP contribution in [0.4, 0.5) is 8.78 Å². The number of benzene rings is 1. The Morgan fingerprint density at radius 2 is 2.00 bits per heavy atom. The predicted octanol–water partition coefficient (Wildman–Crippen LogP) is 3.80. The van der Waals surface area contributed by atoms with Crippen molar-refractivity contribution in [1.82, 2.24) is 5.32 Å². The number of halogens is 3. The Balaban J connectivity index is 2.98. The molecule has 1 aromatic carbocycles. The molecule has 1 rings (SSSR count). The molecule has 106 valence electrons. The van der Waals surface area contributed by atoms with Gasteiger partial charge >= 0.3 is 0 Å². The van der Waals surface area contributed by atoms with Crippen molar-refractivity contribution in [3.63, 3.8) is 0 Å². The summed E-state index contributed by atoms with van der Waals surface area (Å²) in [5, 5.41) is 2.76. The molecule has 0 radical (unpaired) electrons. The zero-order chi connectivity index (χ0) is 14.6. The van der Waals surface area contributed by atoms with Gasteiger partial charge in [-0.2, -0.15) is 0 Å². The van der Waals surface area contributed by atoms with Crippen molar-refractivity contribution in [2.45, 2.75) is 39.2 Å². The standard InChI is InChI=1S/C14H18ClF2NO/c1-4-14(3,5-6-15)18-13(19)10-7-9(2)11(16)8-12(10)17/h7-8H,4-6H2,1-3H3,(H,18,19). The van der Waals surface area contributed by atoms with E-state index in [1.807, 2.05) is 13.8 Å². The van der Waals surface area contributed by atoms with Crippen LogP contribution in [-0.4, -0.2) is 17.3 Å². The number of rotatable bonds is 5. The zero-order valence-electron chi connectivity index (χ0n) is 11.3. The Morgan fingerprint density at radius 3 is 2.53 bits per heavy atom. The normalized spacial score (nSPS) is 14.0.